The van der Waals surface area contributed by atoms with Gasteiger partial charge in [0.25, 0.3) is 0 Å². The third kappa shape index (κ3) is 3.65. The van der Waals surface area contributed by atoms with Gasteiger partial charge in [-0.2, -0.15) is 0 Å². The van der Waals surface area contributed by atoms with Crippen molar-refractivity contribution in [1.29, 1.82) is 0 Å². The molecular formula is C22H34O10. The standard InChI is InChI=1S/C22H34O10/c1-11-7-8-14-12(2)19(28-18(24)16(26-5)15(25-4)17(23)27-6)29-20-22(14)13(11)9-10-21(3,30-20)31-32-22/h11-16,19-20H,7-10H2,1-6H3/t11-,12-,13+,14+,15-,16-,19+,20-,21-,22-/m1/s1. The fourth-order valence-corrected chi connectivity index (χ4v) is 5.99. The van der Waals surface area contributed by atoms with Gasteiger partial charge in [-0.05, 0) is 38.0 Å². The van der Waals surface area contributed by atoms with Gasteiger partial charge >= 0.3 is 11.9 Å². The molecule has 0 unspecified atom stereocenters. The Labute approximate surface area is 188 Å². The van der Waals surface area contributed by atoms with Crippen LogP contribution in [0.5, 0.6) is 0 Å². The highest BCUT2D eigenvalue weighted by molar-refractivity contribution is 5.85. The Morgan fingerprint density at radius 2 is 1.62 bits per heavy atom. The Morgan fingerprint density at radius 3 is 2.28 bits per heavy atom. The molecule has 2 bridgehead atoms. The van der Waals surface area contributed by atoms with Crippen LogP contribution in [0.3, 0.4) is 0 Å². The number of methoxy groups -OCH3 is 3. The highest BCUT2D eigenvalue weighted by atomic mass is 17.3. The van der Waals surface area contributed by atoms with E-state index >= 15 is 0 Å². The molecule has 0 radical (unpaired) electrons. The van der Waals surface area contributed by atoms with Crippen molar-refractivity contribution >= 4 is 11.9 Å². The van der Waals surface area contributed by atoms with Gasteiger partial charge in [0.05, 0.1) is 7.11 Å². The monoisotopic (exact) mass is 458 g/mol. The van der Waals surface area contributed by atoms with Crippen LogP contribution in [0.4, 0.5) is 0 Å². The van der Waals surface area contributed by atoms with Gasteiger partial charge in [0.1, 0.15) is 0 Å². The van der Waals surface area contributed by atoms with Crippen molar-refractivity contribution < 1.29 is 47.8 Å². The molecule has 0 N–H and O–H groups in total. The van der Waals surface area contributed by atoms with Crippen molar-refractivity contribution in [2.24, 2.45) is 23.7 Å². The number of fused-ring (bicyclic) bond motifs is 2. The first kappa shape index (κ1) is 23.8. The minimum Gasteiger partial charge on any atom is -0.467 e. The minimum absolute atomic E-state index is 0.00252. The minimum atomic E-state index is -1.30. The van der Waals surface area contributed by atoms with E-state index in [1.54, 1.807) is 0 Å². The van der Waals surface area contributed by atoms with E-state index in [1.807, 2.05) is 13.8 Å². The van der Waals surface area contributed by atoms with Crippen LogP contribution in [-0.2, 0) is 47.8 Å². The Morgan fingerprint density at radius 1 is 0.938 bits per heavy atom. The van der Waals surface area contributed by atoms with Crippen LogP contribution in [0.2, 0.25) is 0 Å². The maximum atomic E-state index is 13.0. The first-order chi connectivity index (χ1) is 15.2. The number of ether oxygens (including phenoxy) is 6. The maximum absolute atomic E-state index is 13.0. The van der Waals surface area contributed by atoms with Crippen LogP contribution in [0.1, 0.15) is 46.5 Å². The Kier molecular flexibility index (Phi) is 6.56. The molecule has 1 spiro atoms. The molecule has 1 saturated carbocycles. The molecule has 182 valence electrons. The lowest BCUT2D eigenvalue weighted by Crippen LogP contribution is -2.70. The summed E-state index contributed by atoms with van der Waals surface area (Å²) in [5.74, 6) is -2.00. The van der Waals surface area contributed by atoms with Crippen LogP contribution in [0.25, 0.3) is 0 Å². The predicted octanol–water partition coefficient (Wildman–Crippen LogP) is 1.94. The molecule has 10 atom stereocenters. The number of rotatable bonds is 6. The molecule has 4 heterocycles. The van der Waals surface area contributed by atoms with Crippen LogP contribution >= 0.6 is 0 Å². The van der Waals surface area contributed by atoms with Crippen LogP contribution in [0, 0.1) is 23.7 Å². The highest BCUT2D eigenvalue weighted by Crippen LogP contribution is 2.60. The van der Waals surface area contributed by atoms with E-state index in [0.29, 0.717) is 12.3 Å². The van der Waals surface area contributed by atoms with Gasteiger partial charge in [0.15, 0.2) is 24.1 Å². The van der Waals surface area contributed by atoms with E-state index in [4.69, 9.17) is 38.2 Å². The predicted molar refractivity (Wildman–Crippen MR) is 107 cm³/mol. The summed E-state index contributed by atoms with van der Waals surface area (Å²) < 4.78 is 33.3. The average molecular weight is 459 g/mol. The average Bonchev–Trinajstić information content (AvgIpc) is 3.00. The fraction of sp³-hybridized carbons (Fsp3) is 0.909. The van der Waals surface area contributed by atoms with Gasteiger partial charge in [-0.1, -0.05) is 13.8 Å². The van der Waals surface area contributed by atoms with Crippen molar-refractivity contribution in [3.63, 3.8) is 0 Å². The van der Waals surface area contributed by atoms with Gasteiger partial charge in [0.2, 0.25) is 12.1 Å². The second-order valence-corrected chi connectivity index (χ2v) is 9.55. The molecular weight excluding hydrogens is 424 g/mol. The van der Waals surface area contributed by atoms with Crippen molar-refractivity contribution in [1.82, 2.24) is 0 Å². The Bertz CT molecular complexity index is 730. The Balaban J connectivity index is 1.58. The summed E-state index contributed by atoms with van der Waals surface area (Å²) in [6, 6.07) is 0. The third-order valence-corrected chi connectivity index (χ3v) is 7.78. The number of hydrogen-bond donors (Lipinski definition) is 0. The molecule has 0 aromatic carbocycles. The van der Waals surface area contributed by atoms with Gasteiger partial charge in [-0.3, -0.25) is 0 Å². The topological polar surface area (TPSA) is 108 Å². The lowest BCUT2D eigenvalue weighted by Gasteiger charge is -2.59. The van der Waals surface area contributed by atoms with Crippen LogP contribution in [-0.4, -0.2) is 69.4 Å². The zero-order valence-corrected chi connectivity index (χ0v) is 19.5. The number of hydrogen-bond acceptors (Lipinski definition) is 10. The summed E-state index contributed by atoms with van der Waals surface area (Å²) in [4.78, 5) is 36.9. The van der Waals surface area contributed by atoms with Crippen molar-refractivity contribution in [2.75, 3.05) is 21.3 Å². The lowest BCUT2D eigenvalue weighted by atomic mass is 9.58. The normalized spacial score (nSPS) is 44.7. The molecule has 5 fully saturated rings. The second kappa shape index (κ2) is 8.81. The largest absolute Gasteiger partial charge is 0.467 e. The smallest absolute Gasteiger partial charge is 0.340 e. The third-order valence-electron chi connectivity index (χ3n) is 7.78. The number of carbonyl (C=O) groups is 2. The lowest BCUT2D eigenvalue weighted by molar-refractivity contribution is -0.576. The van der Waals surface area contributed by atoms with E-state index in [0.717, 1.165) is 19.3 Å². The van der Waals surface area contributed by atoms with Gasteiger partial charge in [0, 0.05) is 32.5 Å². The van der Waals surface area contributed by atoms with Gasteiger partial charge in [-0.25, -0.2) is 19.4 Å². The Hall–Kier alpha value is -1.30. The molecule has 32 heavy (non-hydrogen) atoms. The van der Waals surface area contributed by atoms with Crippen molar-refractivity contribution in [3.8, 4) is 0 Å². The van der Waals surface area contributed by atoms with Crippen molar-refractivity contribution in [2.45, 2.75) is 82.6 Å². The molecule has 4 aliphatic heterocycles. The molecule has 10 heteroatoms. The molecule has 0 amide bonds. The van der Waals surface area contributed by atoms with E-state index in [-0.39, 0.29) is 17.8 Å². The molecule has 0 aromatic heterocycles. The van der Waals surface area contributed by atoms with Crippen LogP contribution in [0.15, 0.2) is 0 Å². The zero-order chi connectivity index (χ0) is 23.3. The highest BCUT2D eigenvalue weighted by Gasteiger charge is 2.70. The van der Waals surface area contributed by atoms with E-state index in [2.05, 4.69) is 6.92 Å². The van der Waals surface area contributed by atoms with Gasteiger partial charge in [-0.15, -0.1) is 0 Å². The summed E-state index contributed by atoms with van der Waals surface area (Å²) in [7, 11) is 3.80. The summed E-state index contributed by atoms with van der Waals surface area (Å²) in [6.07, 6.45) is -0.713. The summed E-state index contributed by atoms with van der Waals surface area (Å²) in [5.41, 5.74) is -0.752. The molecule has 5 aliphatic rings. The van der Waals surface area contributed by atoms with Crippen molar-refractivity contribution in [3.05, 3.63) is 0 Å². The molecule has 4 saturated heterocycles. The quantitative estimate of drug-likeness (QED) is 0.433. The van der Waals surface area contributed by atoms with E-state index < -0.39 is 48.1 Å². The SMILES string of the molecule is COC(=O)[C@H](OC)[C@@H](OC)C(=O)O[C@H]1O[C@@H]2O[C@@]3(C)CC[C@H]4[C@H](C)CC[C@@H]([C@H]1C)[C@@]24OO3. The second-order valence-electron chi connectivity index (χ2n) is 9.55. The summed E-state index contributed by atoms with van der Waals surface area (Å²) in [5, 5.41) is 0. The molecule has 1 aliphatic carbocycles. The fourth-order valence-electron chi connectivity index (χ4n) is 5.99. The van der Waals surface area contributed by atoms with Crippen LogP contribution < -0.4 is 0 Å². The van der Waals surface area contributed by atoms with E-state index in [1.165, 1.54) is 21.3 Å². The first-order valence-electron chi connectivity index (χ1n) is 11.2. The van der Waals surface area contributed by atoms with E-state index in [9.17, 15) is 9.59 Å². The van der Waals surface area contributed by atoms with Gasteiger partial charge < -0.3 is 28.4 Å². The zero-order valence-electron chi connectivity index (χ0n) is 19.5. The summed E-state index contributed by atoms with van der Waals surface area (Å²) in [6.45, 7) is 6.03. The maximum Gasteiger partial charge on any atom is 0.340 e. The molecule has 5 rings (SSSR count). The number of carbonyl (C=O) groups excluding carboxylic acids is 2. The molecule has 0 aromatic rings. The molecule has 10 nitrogen and oxygen atoms in total. The summed E-state index contributed by atoms with van der Waals surface area (Å²) >= 11 is 0. The first-order valence-corrected chi connectivity index (χ1v) is 11.2. The number of esters is 2.